The Balaban J connectivity index is 2.30. The third-order valence-corrected chi connectivity index (χ3v) is 2.45. The lowest BCUT2D eigenvalue weighted by Gasteiger charge is -2.15. The number of benzene rings is 1. The van der Waals surface area contributed by atoms with Crippen molar-refractivity contribution in [2.75, 3.05) is 11.6 Å². The van der Waals surface area contributed by atoms with Gasteiger partial charge in [-0.25, -0.2) is 0 Å². The van der Waals surface area contributed by atoms with Crippen LogP contribution in [0.4, 0.5) is 18.9 Å². The molecule has 0 N–H and O–H groups in total. The van der Waals surface area contributed by atoms with E-state index >= 15 is 0 Å². The number of hydrazone groups is 1. The van der Waals surface area contributed by atoms with Crippen LogP contribution in [0, 0.1) is 0 Å². The fraction of sp³-hybridized carbons (Fsp3) is 0.364. The SMILES string of the molecule is CC1=NN(c2cccc(C(F)(F)F)c2)CC1. The Morgan fingerprint density at radius 2 is 2.06 bits per heavy atom. The van der Waals surface area contributed by atoms with E-state index in [1.165, 1.54) is 6.07 Å². The first-order valence-corrected chi connectivity index (χ1v) is 4.96. The van der Waals surface area contributed by atoms with E-state index < -0.39 is 11.7 Å². The van der Waals surface area contributed by atoms with Gasteiger partial charge in [0.05, 0.1) is 11.3 Å². The molecule has 0 aromatic heterocycles. The Kier molecular flexibility index (Phi) is 2.61. The van der Waals surface area contributed by atoms with Crippen molar-refractivity contribution in [2.24, 2.45) is 5.10 Å². The average molecular weight is 228 g/mol. The number of rotatable bonds is 1. The van der Waals surface area contributed by atoms with Gasteiger partial charge in [0.15, 0.2) is 0 Å². The van der Waals surface area contributed by atoms with Crippen LogP contribution in [-0.4, -0.2) is 12.3 Å². The van der Waals surface area contributed by atoms with Gasteiger partial charge in [0.1, 0.15) is 0 Å². The van der Waals surface area contributed by atoms with Crippen molar-refractivity contribution in [1.29, 1.82) is 0 Å². The predicted octanol–water partition coefficient (Wildman–Crippen LogP) is 3.29. The zero-order chi connectivity index (χ0) is 11.8. The maximum Gasteiger partial charge on any atom is 0.416 e. The van der Waals surface area contributed by atoms with Gasteiger partial charge >= 0.3 is 6.18 Å². The zero-order valence-corrected chi connectivity index (χ0v) is 8.75. The largest absolute Gasteiger partial charge is 0.416 e. The molecule has 2 nitrogen and oxygen atoms in total. The first-order valence-electron chi connectivity index (χ1n) is 4.96. The van der Waals surface area contributed by atoms with Crippen LogP contribution in [0.3, 0.4) is 0 Å². The molecule has 1 heterocycles. The van der Waals surface area contributed by atoms with Crippen LogP contribution in [0.5, 0.6) is 0 Å². The van der Waals surface area contributed by atoms with Crippen LogP contribution in [0.25, 0.3) is 0 Å². The third kappa shape index (κ3) is 2.18. The lowest BCUT2D eigenvalue weighted by molar-refractivity contribution is -0.137. The number of hydrogen-bond donors (Lipinski definition) is 0. The molecule has 0 radical (unpaired) electrons. The molecule has 86 valence electrons. The molecule has 1 aliphatic rings. The maximum absolute atomic E-state index is 12.5. The summed E-state index contributed by atoms with van der Waals surface area (Å²) in [6.45, 7) is 2.51. The number of anilines is 1. The van der Waals surface area contributed by atoms with Gasteiger partial charge in [-0.1, -0.05) is 6.07 Å². The first kappa shape index (κ1) is 11.0. The highest BCUT2D eigenvalue weighted by Crippen LogP contribution is 2.32. The molecule has 1 aromatic rings. The van der Waals surface area contributed by atoms with Crippen molar-refractivity contribution in [3.8, 4) is 0 Å². The second-order valence-corrected chi connectivity index (χ2v) is 3.76. The van der Waals surface area contributed by atoms with E-state index in [0.717, 1.165) is 24.3 Å². The molecule has 0 saturated carbocycles. The van der Waals surface area contributed by atoms with Crippen LogP contribution < -0.4 is 5.01 Å². The first-order chi connectivity index (χ1) is 7.47. The lowest BCUT2D eigenvalue weighted by atomic mass is 10.2. The summed E-state index contributed by atoms with van der Waals surface area (Å²) in [5.41, 5.74) is 0.800. The summed E-state index contributed by atoms with van der Waals surface area (Å²) in [5.74, 6) is 0. The van der Waals surface area contributed by atoms with E-state index in [4.69, 9.17) is 0 Å². The molecule has 1 aliphatic heterocycles. The highest BCUT2D eigenvalue weighted by molar-refractivity contribution is 5.85. The Hall–Kier alpha value is -1.52. The summed E-state index contributed by atoms with van der Waals surface area (Å²) in [5, 5.41) is 5.77. The minimum atomic E-state index is -4.30. The van der Waals surface area contributed by atoms with Crippen molar-refractivity contribution in [2.45, 2.75) is 19.5 Å². The number of alkyl halides is 3. The molecular weight excluding hydrogens is 217 g/mol. The van der Waals surface area contributed by atoms with Gasteiger partial charge in [-0.2, -0.15) is 18.3 Å². The normalized spacial score (nSPS) is 16.5. The molecule has 0 bridgehead atoms. The van der Waals surface area contributed by atoms with Gasteiger partial charge in [-0.05, 0) is 25.1 Å². The summed E-state index contributed by atoms with van der Waals surface area (Å²) in [6, 6.07) is 5.23. The van der Waals surface area contributed by atoms with Gasteiger partial charge in [0.25, 0.3) is 0 Å². The zero-order valence-electron chi connectivity index (χ0n) is 8.75. The predicted molar refractivity (Wildman–Crippen MR) is 56.5 cm³/mol. The number of halogens is 3. The molecule has 2 rings (SSSR count). The van der Waals surface area contributed by atoms with Gasteiger partial charge < -0.3 is 0 Å². The highest BCUT2D eigenvalue weighted by Gasteiger charge is 2.31. The molecule has 5 heteroatoms. The molecule has 0 unspecified atom stereocenters. The van der Waals surface area contributed by atoms with Crippen LogP contribution in [-0.2, 0) is 6.18 Å². The van der Waals surface area contributed by atoms with Crippen LogP contribution in [0.15, 0.2) is 29.4 Å². The lowest BCUT2D eigenvalue weighted by Crippen LogP contribution is -2.13. The molecule has 0 atom stereocenters. The standard InChI is InChI=1S/C11H11F3N2/c1-8-5-6-16(15-8)10-4-2-3-9(7-10)11(12,13)14/h2-4,7H,5-6H2,1H3. The summed E-state index contributed by atoms with van der Waals surface area (Å²) >= 11 is 0. The Labute approximate surface area is 91.4 Å². The monoisotopic (exact) mass is 228 g/mol. The summed E-state index contributed by atoms with van der Waals surface area (Å²) in [4.78, 5) is 0. The van der Waals surface area contributed by atoms with E-state index in [1.54, 1.807) is 11.1 Å². The highest BCUT2D eigenvalue weighted by atomic mass is 19.4. The molecular formula is C11H11F3N2. The van der Waals surface area contributed by atoms with Gasteiger partial charge in [-0.3, -0.25) is 5.01 Å². The minimum absolute atomic E-state index is 0.492. The Morgan fingerprint density at radius 1 is 1.31 bits per heavy atom. The molecule has 0 spiro atoms. The smallest absolute Gasteiger partial charge is 0.265 e. The van der Waals surface area contributed by atoms with Crippen molar-refractivity contribution in [3.05, 3.63) is 29.8 Å². The van der Waals surface area contributed by atoms with Crippen molar-refractivity contribution >= 4 is 11.4 Å². The fourth-order valence-corrected chi connectivity index (χ4v) is 1.60. The summed E-state index contributed by atoms with van der Waals surface area (Å²) in [6.07, 6.45) is -3.50. The topological polar surface area (TPSA) is 15.6 Å². The van der Waals surface area contributed by atoms with E-state index in [9.17, 15) is 13.2 Å². The van der Waals surface area contributed by atoms with Crippen LogP contribution >= 0.6 is 0 Å². The van der Waals surface area contributed by atoms with Gasteiger partial charge in [0, 0.05) is 18.7 Å². The van der Waals surface area contributed by atoms with Gasteiger partial charge in [0.2, 0.25) is 0 Å². The Morgan fingerprint density at radius 3 is 2.62 bits per heavy atom. The second-order valence-electron chi connectivity index (χ2n) is 3.76. The Bertz CT molecular complexity index is 423. The molecule has 0 aliphatic carbocycles. The van der Waals surface area contributed by atoms with E-state index in [1.807, 2.05) is 6.92 Å². The van der Waals surface area contributed by atoms with E-state index in [-0.39, 0.29) is 0 Å². The average Bonchev–Trinajstić information content (AvgIpc) is 2.64. The molecule has 1 aromatic carbocycles. The fourth-order valence-electron chi connectivity index (χ4n) is 1.60. The van der Waals surface area contributed by atoms with E-state index in [2.05, 4.69) is 5.10 Å². The summed E-state index contributed by atoms with van der Waals surface area (Å²) < 4.78 is 37.4. The van der Waals surface area contributed by atoms with Crippen LogP contribution in [0.1, 0.15) is 18.9 Å². The second kappa shape index (κ2) is 3.81. The molecule has 0 fully saturated rings. The van der Waals surface area contributed by atoms with E-state index in [0.29, 0.717) is 12.2 Å². The van der Waals surface area contributed by atoms with Crippen molar-refractivity contribution in [1.82, 2.24) is 0 Å². The quantitative estimate of drug-likeness (QED) is 0.720. The number of hydrogen-bond acceptors (Lipinski definition) is 2. The molecule has 0 amide bonds. The molecule has 16 heavy (non-hydrogen) atoms. The molecule has 0 saturated heterocycles. The maximum atomic E-state index is 12.5. The van der Waals surface area contributed by atoms with Crippen LogP contribution in [0.2, 0.25) is 0 Å². The summed E-state index contributed by atoms with van der Waals surface area (Å²) in [7, 11) is 0. The number of nitrogens with zero attached hydrogens (tertiary/aromatic N) is 2. The van der Waals surface area contributed by atoms with Gasteiger partial charge in [-0.15, -0.1) is 0 Å². The minimum Gasteiger partial charge on any atom is -0.265 e. The van der Waals surface area contributed by atoms with Crippen molar-refractivity contribution < 1.29 is 13.2 Å². The van der Waals surface area contributed by atoms with Crippen molar-refractivity contribution in [3.63, 3.8) is 0 Å². The third-order valence-electron chi connectivity index (χ3n) is 2.45.